The summed E-state index contributed by atoms with van der Waals surface area (Å²) < 4.78 is 13.9. The monoisotopic (exact) mass is 253 g/mol. The summed E-state index contributed by atoms with van der Waals surface area (Å²) in [6.07, 6.45) is 0. The second-order valence-corrected chi connectivity index (χ2v) is 3.41. The second kappa shape index (κ2) is 2.82. The van der Waals surface area contributed by atoms with Crippen molar-refractivity contribution in [2.45, 2.75) is 0 Å². The molecule has 0 bridgehead atoms. The molecule has 0 nitrogen and oxygen atoms in total. The van der Waals surface area contributed by atoms with E-state index in [1.807, 2.05) is 0 Å². The summed E-state index contributed by atoms with van der Waals surface area (Å²) in [4.78, 5) is 0. The van der Waals surface area contributed by atoms with E-state index in [0.29, 0.717) is 4.46 Å². The van der Waals surface area contributed by atoms with E-state index in [0.717, 1.165) is 4.47 Å². The molecule has 0 N–H and O–H groups in total. The van der Waals surface area contributed by atoms with Crippen molar-refractivity contribution in [1.82, 2.24) is 0 Å². The molecule has 0 spiro atoms. The number of hydrogen-bond donors (Lipinski definition) is 0. The first kappa shape index (κ1) is 7.26. The number of hydrogen-bond acceptors (Lipinski definition) is 0. The maximum absolute atomic E-state index is 12.4. The first-order chi connectivity index (χ1) is 4.20. The van der Waals surface area contributed by atoms with Gasteiger partial charge in [0.25, 0.3) is 0 Å². The zero-order chi connectivity index (χ0) is 6.85. The van der Waals surface area contributed by atoms with Gasteiger partial charge in [-0.25, -0.2) is 0 Å². The third-order valence-electron chi connectivity index (χ3n) is 0.893. The molecular weight excluding hydrogens is 250 g/mol. The van der Waals surface area contributed by atoms with Gasteiger partial charge in [-0.15, -0.1) is 0 Å². The SMILES string of the molecule is Fc1ccc(Br)cc1[Se]. The van der Waals surface area contributed by atoms with Crippen LogP contribution < -0.4 is 4.46 Å². The molecule has 0 aliphatic carbocycles. The van der Waals surface area contributed by atoms with Gasteiger partial charge in [0.2, 0.25) is 0 Å². The van der Waals surface area contributed by atoms with Crippen LogP contribution in [0.4, 0.5) is 4.39 Å². The summed E-state index contributed by atoms with van der Waals surface area (Å²) >= 11 is 5.82. The van der Waals surface area contributed by atoms with E-state index in [4.69, 9.17) is 0 Å². The van der Waals surface area contributed by atoms with Crippen LogP contribution >= 0.6 is 15.9 Å². The standard InChI is InChI=1S/C6H3BrFSe/c7-4-1-2-5(8)6(9)3-4/h1-3H. The fraction of sp³-hybridized carbons (Fsp3) is 0. The van der Waals surface area contributed by atoms with Crippen LogP contribution in [-0.4, -0.2) is 16.0 Å². The van der Waals surface area contributed by atoms with Gasteiger partial charge in [-0.05, 0) is 0 Å². The number of halogens is 2. The first-order valence-electron chi connectivity index (χ1n) is 2.32. The van der Waals surface area contributed by atoms with Crippen LogP contribution in [-0.2, 0) is 0 Å². The summed E-state index contributed by atoms with van der Waals surface area (Å²) in [6.45, 7) is 0. The van der Waals surface area contributed by atoms with E-state index in [-0.39, 0.29) is 5.82 Å². The van der Waals surface area contributed by atoms with Crippen LogP contribution in [0.25, 0.3) is 0 Å². The molecule has 0 amide bonds. The van der Waals surface area contributed by atoms with E-state index in [9.17, 15) is 4.39 Å². The van der Waals surface area contributed by atoms with E-state index < -0.39 is 0 Å². The second-order valence-electron chi connectivity index (χ2n) is 1.57. The van der Waals surface area contributed by atoms with Crippen molar-refractivity contribution >= 4 is 36.4 Å². The normalized spacial score (nSPS) is 9.56. The molecule has 0 aliphatic heterocycles. The summed E-state index contributed by atoms with van der Waals surface area (Å²) in [5.41, 5.74) is 0. The molecule has 0 aromatic heterocycles. The molecule has 1 radical (unpaired) electrons. The van der Waals surface area contributed by atoms with Crippen molar-refractivity contribution in [2.75, 3.05) is 0 Å². The van der Waals surface area contributed by atoms with Gasteiger partial charge in [0, 0.05) is 0 Å². The van der Waals surface area contributed by atoms with Gasteiger partial charge in [0.15, 0.2) is 0 Å². The van der Waals surface area contributed by atoms with Gasteiger partial charge in [0.1, 0.15) is 0 Å². The Kier molecular flexibility index (Phi) is 2.28. The molecule has 1 rings (SSSR count). The summed E-state index contributed by atoms with van der Waals surface area (Å²) in [6, 6.07) is 4.77. The van der Waals surface area contributed by atoms with Crippen molar-refractivity contribution in [1.29, 1.82) is 0 Å². The Morgan fingerprint density at radius 1 is 1.44 bits per heavy atom. The Balaban J connectivity index is 3.17. The van der Waals surface area contributed by atoms with Crippen molar-refractivity contribution in [3.05, 3.63) is 28.5 Å². The molecule has 3 heteroatoms. The van der Waals surface area contributed by atoms with Crippen LogP contribution in [0.5, 0.6) is 0 Å². The first-order valence-corrected chi connectivity index (χ1v) is 3.97. The molecule has 1 aromatic rings. The Morgan fingerprint density at radius 3 is 2.56 bits per heavy atom. The van der Waals surface area contributed by atoms with Gasteiger partial charge in [-0.1, -0.05) is 0 Å². The van der Waals surface area contributed by atoms with Crippen molar-refractivity contribution in [3.8, 4) is 0 Å². The van der Waals surface area contributed by atoms with Crippen LogP contribution in [0.2, 0.25) is 0 Å². The average molecular weight is 253 g/mol. The fourth-order valence-electron chi connectivity index (χ4n) is 0.477. The maximum atomic E-state index is 12.4. The van der Waals surface area contributed by atoms with Crippen molar-refractivity contribution < 1.29 is 4.39 Å². The van der Waals surface area contributed by atoms with Gasteiger partial charge in [-0.2, -0.15) is 0 Å². The van der Waals surface area contributed by atoms with Crippen LogP contribution in [0.15, 0.2) is 22.7 Å². The quantitative estimate of drug-likeness (QED) is 0.613. The third-order valence-corrected chi connectivity index (χ3v) is 2.04. The molecule has 47 valence electrons. The van der Waals surface area contributed by atoms with Gasteiger partial charge in [0.05, 0.1) is 0 Å². The molecule has 0 fully saturated rings. The molecular formula is C6H3BrFSe. The zero-order valence-corrected chi connectivity index (χ0v) is 7.70. The number of benzene rings is 1. The topological polar surface area (TPSA) is 0 Å². The Bertz CT molecular complexity index is 224. The molecule has 0 saturated heterocycles. The van der Waals surface area contributed by atoms with E-state index >= 15 is 0 Å². The molecule has 0 saturated carbocycles. The summed E-state index contributed by atoms with van der Waals surface area (Å²) in [7, 11) is 0. The van der Waals surface area contributed by atoms with Crippen molar-refractivity contribution in [2.24, 2.45) is 0 Å². The van der Waals surface area contributed by atoms with Crippen LogP contribution in [0.3, 0.4) is 0 Å². The van der Waals surface area contributed by atoms with Crippen LogP contribution in [0, 0.1) is 5.82 Å². The van der Waals surface area contributed by atoms with Gasteiger partial charge >= 0.3 is 69.3 Å². The Labute approximate surface area is 69.4 Å². The zero-order valence-electron chi connectivity index (χ0n) is 4.40. The van der Waals surface area contributed by atoms with Crippen molar-refractivity contribution in [3.63, 3.8) is 0 Å². The molecule has 1 aromatic carbocycles. The average Bonchev–Trinajstić information content (AvgIpc) is 1.80. The molecule has 0 heterocycles. The van der Waals surface area contributed by atoms with Gasteiger partial charge in [-0.3, -0.25) is 0 Å². The molecule has 0 atom stereocenters. The van der Waals surface area contributed by atoms with E-state index in [1.165, 1.54) is 6.07 Å². The predicted molar refractivity (Wildman–Crippen MR) is 39.5 cm³/mol. The molecule has 9 heavy (non-hydrogen) atoms. The summed E-state index contributed by atoms with van der Waals surface area (Å²) in [5, 5.41) is 0. The fourth-order valence-corrected chi connectivity index (χ4v) is 1.59. The Morgan fingerprint density at radius 2 is 2.11 bits per heavy atom. The number of rotatable bonds is 0. The van der Waals surface area contributed by atoms with Gasteiger partial charge < -0.3 is 0 Å². The van der Waals surface area contributed by atoms with E-state index in [2.05, 4.69) is 31.9 Å². The summed E-state index contributed by atoms with van der Waals surface area (Å²) in [5.74, 6) is -0.210. The minimum absolute atomic E-state index is 0.210. The predicted octanol–water partition coefficient (Wildman–Crippen LogP) is 1.38. The minimum atomic E-state index is -0.210. The molecule has 0 aliphatic rings. The van der Waals surface area contributed by atoms with Crippen LogP contribution in [0.1, 0.15) is 0 Å². The van der Waals surface area contributed by atoms with E-state index in [1.54, 1.807) is 12.1 Å². The Hall–Kier alpha value is 0.149. The third kappa shape index (κ3) is 1.78. The molecule has 0 unspecified atom stereocenters.